The summed E-state index contributed by atoms with van der Waals surface area (Å²) in [4.78, 5) is 13.5. The number of benzene rings is 3. The number of alkyl halides is 6. The van der Waals surface area contributed by atoms with Crippen molar-refractivity contribution in [1.29, 1.82) is 0 Å². The minimum Gasteiger partial charge on any atom is -0.376 e. The first kappa shape index (κ1) is 35.8. The van der Waals surface area contributed by atoms with Gasteiger partial charge in [-0.15, -0.1) is 0 Å². The number of anilines is 1. The number of carbonyl (C=O) groups is 1. The van der Waals surface area contributed by atoms with Crippen LogP contribution in [0.5, 0.6) is 0 Å². The molecule has 0 aliphatic carbocycles. The average molecular weight is 696 g/mol. The smallest absolute Gasteiger partial charge is 0.376 e. The Hall–Kier alpha value is -4.50. The fourth-order valence-electron chi connectivity index (χ4n) is 6.23. The maximum absolute atomic E-state index is 16.1. The van der Waals surface area contributed by atoms with Crippen molar-refractivity contribution in [3.05, 3.63) is 99.2 Å². The number of nitrogens with one attached hydrogen (secondary N) is 2. The Morgan fingerprint density at radius 2 is 1.57 bits per heavy atom. The van der Waals surface area contributed by atoms with Gasteiger partial charge in [0.15, 0.2) is 0 Å². The van der Waals surface area contributed by atoms with Crippen LogP contribution in [0, 0.1) is 11.6 Å². The lowest BCUT2D eigenvalue weighted by Crippen LogP contribution is -2.36. The lowest BCUT2D eigenvalue weighted by atomic mass is 9.97. The van der Waals surface area contributed by atoms with E-state index in [1.54, 1.807) is 18.7 Å². The van der Waals surface area contributed by atoms with E-state index >= 15 is 8.78 Å². The number of hydrogen-bond acceptors (Lipinski definition) is 4. The molecule has 15 heteroatoms. The molecular weight excluding hydrogens is 662 g/mol. The van der Waals surface area contributed by atoms with Crippen LogP contribution in [0.2, 0.25) is 0 Å². The lowest BCUT2D eigenvalue weighted by Gasteiger charge is -2.33. The molecule has 5 rings (SSSR count). The quantitative estimate of drug-likeness (QED) is 0.128. The normalized spacial score (nSPS) is 14.6. The number of nitrogens with zero attached hydrogens (tertiary/aromatic N) is 3. The summed E-state index contributed by atoms with van der Waals surface area (Å²) in [5.41, 5.74) is -1.94. The highest BCUT2D eigenvalue weighted by molar-refractivity contribution is 5.89. The summed E-state index contributed by atoms with van der Waals surface area (Å²) in [7, 11) is 0. The first-order chi connectivity index (χ1) is 22.9. The summed E-state index contributed by atoms with van der Waals surface area (Å²) >= 11 is 0. The Bertz CT molecular complexity index is 1880. The maximum Gasteiger partial charge on any atom is 0.416 e. The monoisotopic (exact) mass is 695 g/mol. The fraction of sp³-hybridized carbons (Fsp3) is 0.353. The highest BCUT2D eigenvalue weighted by Crippen LogP contribution is 2.47. The lowest BCUT2D eigenvalue weighted by molar-refractivity contribution is -0.143. The molecule has 0 bridgehead atoms. The van der Waals surface area contributed by atoms with E-state index in [-0.39, 0.29) is 23.9 Å². The molecule has 2 heterocycles. The predicted molar refractivity (Wildman–Crippen MR) is 166 cm³/mol. The van der Waals surface area contributed by atoms with Gasteiger partial charge in [-0.05, 0) is 61.6 Å². The molecule has 0 radical (unpaired) electrons. The van der Waals surface area contributed by atoms with Crippen LogP contribution < -0.4 is 10.6 Å². The molecule has 1 aliphatic rings. The molecule has 49 heavy (non-hydrogen) atoms. The summed E-state index contributed by atoms with van der Waals surface area (Å²) < 4.78 is 115. The topological polar surface area (TPSA) is 82.4 Å². The van der Waals surface area contributed by atoms with Gasteiger partial charge in [-0.25, -0.2) is 18.3 Å². The van der Waals surface area contributed by atoms with Crippen molar-refractivity contribution >= 4 is 11.7 Å². The number of halogens is 8. The largest absolute Gasteiger partial charge is 0.416 e. The number of rotatable bonds is 8. The van der Waals surface area contributed by atoms with Crippen LogP contribution in [0.15, 0.2) is 48.5 Å². The van der Waals surface area contributed by atoms with Gasteiger partial charge in [0.2, 0.25) is 0 Å². The predicted octanol–water partition coefficient (Wildman–Crippen LogP) is 8.30. The third-order valence-corrected chi connectivity index (χ3v) is 8.78. The van der Waals surface area contributed by atoms with E-state index in [4.69, 9.17) is 10.2 Å². The van der Waals surface area contributed by atoms with Gasteiger partial charge in [0.1, 0.15) is 18.4 Å². The van der Waals surface area contributed by atoms with Crippen LogP contribution in [0.25, 0.3) is 16.9 Å². The molecule has 1 aliphatic heterocycles. The second kappa shape index (κ2) is 13.1. The van der Waals surface area contributed by atoms with Crippen LogP contribution in [0.3, 0.4) is 0 Å². The van der Waals surface area contributed by atoms with E-state index in [0.29, 0.717) is 35.9 Å². The third kappa shape index (κ3) is 6.73. The zero-order chi connectivity index (χ0) is 36.1. The number of urea groups is 1. The van der Waals surface area contributed by atoms with Crippen molar-refractivity contribution in [2.75, 3.05) is 12.0 Å². The van der Waals surface area contributed by atoms with E-state index in [0.717, 1.165) is 29.3 Å². The van der Waals surface area contributed by atoms with E-state index in [1.165, 1.54) is 4.68 Å². The van der Waals surface area contributed by atoms with Gasteiger partial charge in [0.25, 0.3) is 0 Å². The van der Waals surface area contributed by atoms with Crippen molar-refractivity contribution in [3.8, 4) is 16.9 Å². The highest BCUT2D eigenvalue weighted by Gasteiger charge is 2.45. The van der Waals surface area contributed by atoms with E-state index in [2.05, 4.69) is 5.32 Å². The molecule has 0 fully saturated rings. The Labute approximate surface area is 276 Å². The van der Waals surface area contributed by atoms with Crippen molar-refractivity contribution in [1.82, 2.24) is 20.0 Å². The molecule has 0 unspecified atom stereocenters. The first-order valence-corrected chi connectivity index (χ1v) is 15.3. The highest BCUT2D eigenvalue weighted by atomic mass is 19.4. The van der Waals surface area contributed by atoms with Gasteiger partial charge in [-0.3, -0.25) is 4.90 Å². The van der Waals surface area contributed by atoms with Gasteiger partial charge < -0.3 is 15.7 Å². The molecule has 3 N–H and O–H groups in total. The van der Waals surface area contributed by atoms with Crippen LogP contribution in [0.4, 0.5) is 45.6 Å². The van der Waals surface area contributed by atoms with E-state index in [1.807, 2.05) is 37.4 Å². The van der Waals surface area contributed by atoms with Crippen LogP contribution in [-0.4, -0.2) is 32.5 Å². The molecule has 0 atom stereocenters. The van der Waals surface area contributed by atoms with Crippen molar-refractivity contribution in [2.24, 2.45) is 0 Å². The standard InChI is InChI=1S/C34H33F8N5O2/c1-5-18-8-7-9-19(6-2)28(18)47-29(22-13-26(36)27(14-25(22)35)44-31(49)43-17-48)23-16-46(32(3,4)30(23)45-47)15-20-10-11-21(33(37,38)39)12-24(20)34(40,41)42/h7-14,48H,5-6,15-17H2,1-4H3,(H2,43,44,49). The summed E-state index contributed by atoms with van der Waals surface area (Å²) in [5, 5.41) is 17.9. The molecule has 0 saturated carbocycles. The second-order valence-electron chi connectivity index (χ2n) is 12.1. The van der Waals surface area contributed by atoms with Gasteiger partial charge in [0.05, 0.1) is 39.4 Å². The van der Waals surface area contributed by atoms with Crippen LogP contribution in [0.1, 0.15) is 66.8 Å². The molecule has 262 valence electrons. The summed E-state index contributed by atoms with van der Waals surface area (Å²) in [6.45, 7) is 5.93. The van der Waals surface area contributed by atoms with Crippen LogP contribution in [-0.2, 0) is 43.8 Å². The number of hydrogen-bond donors (Lipinski definition) is 3. The summed E-state index contributed by atoms with van der Waals surface area (Å²) in [5.74, 6) is -1.96. The zero-order valence-electron chi connectivity index (χ0n) is 26.9. The fourth-order valence-corrected chi connectivity index (χ4v) is 6.23. The minimum absolute atomic E-state index is 0.0890. The number of amides is 2. The second-order valence-corrected chi connectivity index (χ2v) is 12.1. The molecule has 2 amide bonds. The number of aliphatic hydroxyl groups excluding tert-OH is 1. The molecular formula is C34H33F8N5O2. The number of aromatic nitrogens is 2. The molecule has 3 aromatic carbocycles. The summed E-state index contributed by atoms with van der Waals surface area (Å²) in [6.07, 6.45) is -8.97. The van der Waals surface area contributed by atoms with Gasteiger partial charge in [0, 0.05) is 30.3 Å². The molecule has 0 saturated heterocycles. The Balaban J connectivity index is 1.69. The Kier molecular flexibility index (Phi) is 9.56. The van der Waals surface area contributed by atoms with E-state index in [9.17, 15) is 31.1 Å². The van der Waals surface area contributed by atoms with Crippen molar-refractivity contribution in [2.45, 2.75) is 71.5 Å². The van der Waals surface area contributed by atoms with Gasteiger partial charge >= 0.3 is 18.4 Å². The third-order valence-electron chi connectivity index (χ3n) is 8.78. The van der Waals surface area contributed by atoms with E-state index < -0.39 is 71.2 Å². The number of fused-ring (bicyclic) bond motifs is 1. The summed E-state index contributed by atoms with van der Waals surface area (Å²) in [6, 6.07) is 7.76. The number of para-hydroxylation sites is 1. The van der Waals surface area contributed by atoms with Gasteiger partial charge in [-0.1, -0.05) is 38.1 Å². The minimum atomic E-state index is -5.08. The average Bonchev–Trinajstić information content (AvgIpc) is 3.50. The number of aliphatic hydroxyl groups is 1. The number of carbonyl (C=O) groups excluding carboxylic acids is 1. The molecule has 0 spiro atoms. The molecule has 4 aromatic rings. The molecule has 7 nitrogen and oxygen atoms in total. The van der Waals surface area contributed by atoms with Crippen molar-refractivity contribution < 1.29 is 45.0 Å². The van der Waals surface area contributed by atoms with Crippen molar-refractivity contribution in [3.63, 3.8) is 0 Å². The zero-order valence-corrected chi connectivity index (χ0v) is 26.9. The number of aryl methyl sites for hydroxylation is 2. The Morgan fingerprint density at radius 3 is 2.14 bits per heavy atom. The SMILES string of the molecule is CCc1cccc(CC)c1-n1nc2c(c1-c1cc(F)c(NC(=O)NCO)cc1F)CN(Cc1ccc(C(F)(F)F)cc1C(F)(F)F)C2(C)C. The maximum atomic E-state index is 16.1. The Morgan fingerprint density at radius 1 is 0.918 bits per heavy atom. The molecule has 1 aromatic heterocycles. The first-order valence-electron chi connectivity index (χ1n) is 15.3. The van der Waals surface area contributed by atoms with Gasteiger partial charge in [-0.2, -0.15) is 31.4 Å². The van der Waals surface area contributed by atoms with Crippen LogP contribution >= 0.6 is 0 Å².